The summed E-state index contributed by atoms with van der Waals surface area (Å²) < 4.78 is 28.4. The Kier molecular flexibility index (Phi) is 4.37. The number of nitrogens with one attached hydrogen (secondary N) is 1. The highest BCUT2D eigenvalue weighted by atomic mass is 35.5. The molecule has 2 aromatic heterocycles. The standard InChI is InChI=1S/C12H9Cl2N5O2S2/c1-22-9-5-6-19-11(15-9)16-12(17-19)23(20,21)18-10-7(13)3-2-4-8(10)14/h2-6,18H,1H3. The number of benzene rings is 1. The molecule has 1 N–H and O–H groups in total. The fraction of sp³-hybridized carbons (Fsp3) is 0.0833. The Bertz CT molecular complexity index is 970. The molecule has 7 nitrogen and oxygen atoms in total. The molecule has 11 heteroatoms. The molecule has 0 aliphatic rings. The molecular formula is C12H9Cl2N5O2S2. The van der Waals surface area contributed by atoms with Gasteiger partial charge in [0.05, 0.1) is 15.7 Å². The number of fused-ring (bicyclic) bond motifs is 1. The summed E-state index contributed by atoms with van der Waals surface area (Å²) in [7, 11) is -4.05. The molecule has 0 fully saturated rings. The Hall–Kier alpha value is -1.55. The number of halogens is 2. The zero-order valence-corrected chi connectivity index (χ0v) is 14.7. The van der Waals surface area contributed by atoms with Crippen LogP contribution >= 0.6 is 35.0 Å². The van der Waals surface area contributed by atoms with Crippen molar-refractivity contribution < 1.29 is 8.42 Å². The Morgan fingerprint density at radius 1 is 1.17 bits per heavy atom. The lowest BCUT2D eigenvalue weighted by Crippen LogP contribution is -2.15. The molecule has 1 aromatic carbocycles. The molecule has 23 heavy (non-hydrogen) atoms. The van der Waals surface area contributed by atoms with Crippen molar-refractivity contribution in [3.05, 3.63) is 40.5 Å². The summed E-state index contributed by atoms with van der Waals surface area (Å²) in [6.45, 7) is 0. The van der Waals surface area contributed by atoms with Gasteiger partial charge in [0.15, 0.2) is 0 Å². The lowest BCUT2D eigenvalue weighted by molar-refractivity contribution is 0.592. The molecule has 0 aliphatic carbocycles. The number of sulfonamides is 1. The van der Waals surface area contributed by atoms with E-state index in [-0.39, 0.29) is 21.5 Å². The highest BCUT2D eigenvalue weighted by Crippen LogP contribution is 2.31. The van der Waals surface area contributed by atoms with E-state index < -0.39 is 15.2 Å². The molecule has 0 saturated heterocycles. The normalized spacial score (nSPS) is 11.8. The van der Waals surface area contributed by atoms with E-state index in [2.05, 4.69) is 19.8 Å². The van der Waals surface area contributed by atoms with Crippen LogP contribution in [0.2, 0.25) is 10.0 Å². The van der Waals surface area contributed by atoms with Gasteiger partial charge < -0.3 is 0 Å². The predicted molar refractivity (Wildman–Crippen MR) is 89.8 cm³/mol. The van der Waals surface area contributed by atoms with E-state index in [0.717, 1.165) is 0 Å². The van der Waals surface area contributed by atoms with Crippen molar-refractivity contribution >= 4 is 56.5 Å². The molecule has 0 bridgehead atoms. The number of anilines is 1. The van der Waals surface area contributed by atoms with Crippen LogP contribution in [0.3, 0.4) is 0 Å². The van der Waals surface area contributed by atoms with Crippen molar-refractivity contribution in [1.29, 1.82) is 0 Å². The first kappa shape index (κ1) is 16.3. The second-order valence-corrected chi connectivity index (χ2v) is 7.53. The number of para-hydroxylation sites is 1. The average Bonchev–Trinajstić information content (AvgIpc) is 2.95. The van der Waals surface area contributed by atoms with Crippen LogP contribution in [0.25, 0.3) is 5.78 Å². The summed E-state index contributed by atoms with van der Waals surface area (Å²) in [5.41, 5.74) is 0.0763. The summed E-state index contributed by atoms with van der Waals surface area (Å²) in [4.78, 5) is 8.12. The average molecular weight is 390 g/mol. The van der Waals surface area contributed by atoms with Crippen LogP contribution in [-0.2, 0) is 10.0 Å². The van der Waals surface area contributed by atoms with Gasteiger partial charge in [-0.25, -0.2) is 9.50 Å². The molecule has 3 rings (SSSR count). The van der Waals surface area contributed by atoms with Crippen LogP contribution in [0.15, 0.2) is 40.6 Å². The zero-order valence-electron chi connectivity index (χ0n) is 11.6. The Balaban J connectivity index is 2.02. The lowest BCUT2D eigenvalue weighted by Gasteiger charge is -2.08. The van der Waals surface area contributed by atoms with Crippen molar-refractivity contribution in [2.45, 2.75) is 10.2 Å². The monoisotopic (exact) mass is 389 g/mol. The minimum Gasteiger partial charge on any atom is -0.274 e. The molecule has 0 radical (unpaired) electrons. The number of hydrogen-bond donors (Lipinski definition) is 1. The molecule has 0 saturated carbocycles. The number of aromatic nitrogens is 4. The number of nitrogens with zero attached hydrogens (tertiary/aromatic N) is 4. The minimum atomic E-state index is -4.05. The summed E-state index contributed by atoms with van der Waals surface area (Å²) >= 11 is 13.4. The lowest BCUT2D eigenvalue weighted by atomic mass is 10.3. The van der Waals surface area contributed by atoms with E-state index >= 15 is 0 Å². The van der Waals surface area contributed by atoms with E-state index in [1.54, 1.807) is 18.3 Å². The molecular weight excluding hydrogens is 381 g/mol. The Labute approximate surface area is 146 Å². The molecule has 0 spiro atoms. The largest absolute Gasteiger partial charge is 0.299 e. The van der Waals surface area contributed by atoms with E-state index in [4.69, 9.17) is 23.2 Å². The smallest absolute Gasteiger partial charge is 0.274 e. The van der Waals surface area contributed by atoms with Gasteiger partial charge >= 0.3 is 0 Å². The molecule has 0 atom stereocenters. The van der Waals surface area contributed by atoms with Gasteiger partial charge in [0, 0.05) is 6.20 Å². The quantitative estimate of drug-likeness (QED) is 0.544. The highest BCUT2D eigenvalue weighted by molar-refractivity contribution is 7.98. The van der Waals surface area contributed by atoms with Crippen molar-refractivity contribution in [3.63, 3.8) is 0 Å². The third kappa shape index (κ3) is 3.23. The van der Waals surface area contributed by atoms with Crippen molar-refractivity contribution in [2.24, 2.45) is 0 Å². The first-order valence-corrected chi connectivity index (χ1v) is 9.61. The van der Waals surface area contributed by atoms with Gasteiger partial charge in [-0.15, -0.1) is 16.9 Å². The van der Waals surface area contributed by atoms with Crippen molar-refractivity contribution in [3.8, 4) is 0 Å². The minimum absolute atomic E-state index is 0.0763. The molecule has 2 heterocycles. The fourth-order valence-electron chi connectivity index (χ4n) is 1.75. The molecule has 0 unspecified atom stereocenters. The molecule has 0 amide bonds. The van der Waals surface area contributed by atoms with Crippen LogP contribution in [0.1, 0.15) is 0 Å². The molecule has 120 valence electrons. The van der Waals surface area contributed by atoms with Gasteiger partial charge in [0.1, 0.15) is 5.03 Å². The number of rotatable bonds is 4. The maximum atomic E-state index is 12.4. The van der Waals surface area contributed by atoms with Crippen molar-refractivity contribution in [1.82, 2.24) is 19.6 Å². The van der Waals surface area contributed by atoms with Gasteiger partial charge in [-0.05, 0) is 24.5 Å². The highest BCUT2D eigenvalue weighted by Gasteiger charge is 2.23. The molecule has 3 aromatic rings. The summed E-state index contributed by atoms with van der Waals surface area (Å²) in [5, 5.41) is 4.55. The number of thioether (sulfide) groups is 1. The van der Waals surface area contributed by atoms with Crippen molar-refractivity contribution in [2.75, 3.05) is 11.0 Å². The Morgan fingerprint density at radius 3 is 2.52 bits per heavy atom. The third-order valence-electron chi connectivity index (χ3n) is 2.81. The van der Waals surface area contributed by atoms with Crippen LogP contribution < -0.4 is 4.72 Å². The fourth-order valence-corrected chi connectivity index (χ4v) is 3.70. The van der Waals surface area contributed by atoms with Crippen LogP contribution in [-0.4, -0.2) is 34.3 Å². The predicted octanol–water partition coefficient (Wildman–Crippen LogP) is 2.95. The topological polar surface area (TPSA) is 89.3 Å². The van der Waals surface area contributed by atoms with Gasteiger partial charge in [0.2, 0.25) is 0 Å². The SMILES string of the molecule is CSc1ccn2nc(S(=O)(=O)Nc3c(Cl)cccc3Cl)nc2n1. The van der Waals surface area contributed by atoms with E-state index in [0.29, 0.717) is 5.03 Å². The zero-order chi connectivity index (χ0) is 16.6. The second-order valence-electron chi connectivity index (χ2n) is 4.31. The van der Waals surface area contributed by atoms with Crippen LogP contribution in [0, 0.1) is 0 Å². The summed E-state index contributed by atoms with van der Waals surface area (Å²) in [5.74, 6) is 0.183. The van der Waals surface area contributed by atoms with E-state index in [1.807, 2.05) is 6.26 Å². The third-order valence-corrected chi connectivity index (χ3v) is 5.21. The van der Waals surface area contributed by atoms with E-state index in [1.165, 1.54) is 28.4 Å². The maximum Gasteiger partial charge on any atom is 0.299 e. The maximum absolute atomic E-state index is 12.4. The van der Waals surface area contributed by atoms with Crippen LogP contribution in [0.5, 0.6) is 0 Å². The number of hydrogen-bond acceptors (Lipinski definition) is 6. The summed E-state index contributed by atoms with van der Waals surface area (Å²) in [6, 6.07) is 6.37. The second kappa shape index (κ2) is 6.16. The van der Waals surface area contributed by atoms with Gasteiger partial charge in [-0.2, -0.15) is 13.4 Å². The van der Waals surface area contributed by atoms with Gasteiger partial charge in [0.25, 0.3) is 21.0 Å². The Morgan fingerprint density at radius 2 is 1.87 bits per heavy atom. The molecule has 0 aliphatic heterocycles. The van der Waals surface area contributed by atoms with Gasteiger partial charge in [-0.3, -0.25) is 4.72 Å². The van der Waals surface area contributed by atoms with E-state index in [9.17, 15) is 8.42 Å². The first-order valence-electron chi connectivity index (χ1n) is 6.15. The van der Waals surface area contributed by atoms with Gasteiger partial charge in [-0.1, -0.05) is 29.3 Å². The summed E-state index contributed by atoms with van der Waals surface area (Å²) in [6.07, 6.45) is 3.44. The van der Waals surface area contributed by atoms with Crippen LogP contribution in [0.4, 0.5) is 5.69 Å². The first-order chi connectivity index (χ1) is 10.9.